The van der Waals surface area contributed by atoms with Crippen LogP contribution in [0, 0.1) is 15.9 Å². The van der Waals surface area contributed by atoms with Crippen molar-refractivity contribution in [3.05, 3.63) is 88.2 Å². The highest BCUT2D eigenvalue weighted by molar-refractivity contribution is 7.92. The molecular weight excluding hydrogens is 427 g/mol. The SMILES string of the molecule is COc1ccc(NS(=O)(=O)c2cc([N+](=O)[O-])ccc2NN=Cc2ccccc2F)cc1. The topological polar surface area (TPSA) is 123 Å². The molecule has 0 radical (unpaired) electrons. The molecule has 3 aromatic carbocycles. The predicted octanol–water partition coefficient (Wildman–Crippen LogP) is 3.99. The van der Waals surface area contributed by atoms with Gasteiger partial charge in [0.05, 0.1) is 23.9 Å². The second-order valence-corrected chi connectivity index (χ2v) is 7.81. The number of hydrazone groups is 1. The van der Waals surface area contributed by atoms with Gasteiger partial charge in [0.1, 0.15) is 16.5 Å². The van der Waals surface area contributed by atoms with Crippen LogP contribution in [0.1, 0.15) is 5.56 Å². The molecule has 0 fully saturated rings. The first-order valence-corrected chi connectivity index (χ1v) is 10.3. The van der Waals surface area contributed by atoms with Crippen molar-refractivity contribution in [2.24, 2.45) is 5.10 Å². The third-order valence-electron chi connectivity index (χ3n) is 4.10. The third kappa shape index (κ3) is 5.34. The molecule has 0 heterocycles. The molecule has 0 aliphatic rings. The fourth-order valence-electron chi connectivity index (χ4n) is 2.56. The molecule has 11 heteroatoms. The molecule has 0 bridgehead atoms. The number of halogens is 1. The summed E-state index contributed by atoms with van der Waals surface area (Å²) >= 11 is 0. The maximum absolute atomic E-state index is 13.7. The van der Waals surface area contributed by atoms with Crippen LogP contribution in [0.3, 0.4) is 0 Å². The van der Waals surface area contributed by atoms with Crippen LogP contribution in [0.25, 0.3) is 0 Å². The first-order chi connectivity index (χ1) is 14.8. The lowest BCUT2D eigenvalue weighted by Crippen LogP contribution is -2.15. The fraction of sp³-hybridized carbons (Fsp3) is 0.0500. The van der Waals surface area contributed by atoms with Crippen molar-refractivity contribution < 1.29 is 22.5 Å². The van der Waals surface area contributed by atoms with Crippen LogP contribution in [0.5, 0.6) is 5.75 Å². The maximum Gasteiger partial charge on any atom is 0.270 e. The highest BCUT2D eigenvalue weighted by atomic mass is 32.2. The van der Waals surface area contributed by atoms with Gasteiger partial charge in [-0.3, -0.25) is 20.3 Å². The molecule has 0 atom stereocenters. The van der Waals surface area contributed by atoms with Gasteiger partial charge in [0.2, 0.25) is 0 Å². The van der Waals surface area contributed by atoms with Gasteiger partial charge in [-0.15, -0.1) is 0 Å². The van der Waals surface area contributed by atoms with Crippen molar-refractivity contribution >= 4 is 33.3 Å². The molecule has 0 amide bonds. The number of nitro benzene ring substituents is 1. The number of rotatable bonds is 8. The Hall–Kier alpha value is -3.99. The Labute approximate surface area is 177 Å². The number of anilines is 2. The Morgan fingerprint density at radius 3 is 2.45 bits per heavy atom. The molecule has 0 unspecified atom stereocenters. The van der Waals surface area contributed by atoms with Crippen LogP contribution in [0.4, 0.5) is 21.5 Å². The zero-order valence-electron chi connectivity index (χ0n) is 16.2. The van der Waals surface area contributed by atoms with Crippen molar-refractivity contribution in [2.75, 3.05) is 17.3 Å². The van der Waals surface area contributed by atoms with E-state index in [0.717, 1.165) is 12.1 Å². The van der Waals surface area contributed by atoms with Gasteiger partial charge in [-0.05, 0) is 36.4 Å². The fourth-order valence-corrected chi connectivity index (χ4v) is 3.80. The van der Waals surface area contributed by atoms with Crippen molar-refractivity contribution in [3.8, 4) is 5.75 Å². The number of benzene rings is 3. The van der Waals surface area contributed by atoms with Crippen LogP contribution in [0.2, 0.25) is 0 Å². The largest absolute Gasteiger partial charge is 0.497 e. The number of nitrogens with zero attached hydrogens (tertiary/aromatic N) is 2. The van der Waals surface area contributed by atoms with Gasteiger partial charge in [-0.2, -0.15) is 5.10 Å². The van der Waals surface area contributed by atoms with Crippen LogP contribution >= 0.6 is 0 Å². The van der Waals surface area contributed by atoms with Crippen molar-refractivity contribution in [2.45, 2.75) is 4.90 Å². The van der Waals surface area contributed by atoms with Gasteiger partial charge < -0.3 is 4.74 Å². The van der Waals surface area contributed by atoms with Gasteiger partial charge in [-0.1, -0.05) is 18.2 Å². The number of nitrogens with one attached hydrogen (secondary N) is 2. The molecule has 3 aromatic rings. The van der Waals surface area contributed by atoms with Crippen LogP contribution in [-0.2, 0) is 10.0 Å². The maximum atomic E-state index is 13.7. The number of hydrogen-bond donors (Lipinski definition) is 2. The first-order valence-electron chi connectivity index (χ1n) is 8.79. The van der Waals surface area contributed by atoms with Crippen molar-refractivity contribution in [1.29, 1.82) is 0 Å². The molecular formula is C20H17FN4O5S. The van der Waals surface area contributed by atoms with E-state index >= 15 is 0 Å². The number of non-ortho nitro benzene ring substituents is 1. The summed E-state index contributed by atoms with van der Waals surface area (Å²) in [5, 5.41) is 15.0. The molecule has 0 aromatic heterocycles. The van der Waals surface area contributed by atoms with Gasteiger partial charge in [0.15, 0.2) is 0 Å². The zero-order valence-corrected chi connectivity index (χ0v) is 17.0. The van der Waals surface area contributed by atoms with Crippen molar-refractivity contribution in [1.82, 2.24) is 0 Å². The highest BCUT2D eigenvalue weighted by Gasteiger charge is 2.22. The van der Waals surface area contributed by atoms with Crippen LogP contribution in [-0.4, -0.2) is 26.7 Å². The molecule has 2 N–H and O–H groups in total. The zero-order chi connectivity index (χ0) is 22.4. The number of methoxy groups -OCH3 is 1. The lowest BCUT2D eigenvalue weighted by Gasteiger charge is -2.12. The molecule has 0 aliphatic carbocycles. The molecule has 160 valence electrons. The summed E-state index contributed by atoms with van der Waals surface area (Å²) < 4.78 is 46.9. The molecule has 9 nitrogen and oxygen atoms in total. The summed E-state index contributed by atoms with van der Waals surface area (Å²) in [6.45, 7) is 0. The van der Waals surface area contributed by atoms with E-state index in [1.54, 1.807) is 18.2 Å². The summed E-state index contributed by atoms with van der Waals surface area (Å²) in [6, 6.07) is 15.2. The average Bonchev–Trinajstić information content (AvgIpc) is 2.75. The second-order valence-electron chi connectivity index (χ2n) is 6.16. The first kappa shape index (κ1) is 21.7. The molecule has 0 aliphatic heterocycles. The van der Waals surface area contributed by atoms with E-state index in [1.165, 1.54) is 49.7 Å². The summed E-state index contributed by atoms with van der Waals surface area (Å²) in [5.74, 6) is 0.0221. The number of ether oxygens (including phenoxy) is 1. The van der Waals surface area contributed by atoms with E-state index in [0.29, 0.717) is 5.75 Å². The minimum Gasteiger partial charge on any atom is -0.497 e. The second kappa shape index (κ2) is 9.22. The van der Waals surface area contributed by atoms with Gasteiger partial charge in [0, 0.05) is 23.4 Å². The van der Waals surface area contributed by atoms with E-state index in [4.69, 9.17) is 4.74 Å². The van der Waals surface area contributed by atoms with E-state index in [9.17, 15) is 22.9 Å². The summed E-state index contributed by atoms with van der Waals surface area (Å²) in [7, 11) is -2.75. The normalized spacial score (nSPS) is 11.3. The highest BCUT2D eigenvalue weighted by Crippen LogP contribution is 2.28. The molecule has 0 saturated carbocycles. The smallest absolute Gasteiger partial charge is 0.270 e. The van der Waals surface area contributed by atoms with Crippen LogP contribution < -0.4 is 14.9 Å². The number of hydrogen-bond acceptors (Lipinski definition) is 7. The molecule has 0 spiro atoms. The van der Waals surface area contributed by atoms with E-state index < -0.39 is 31.3 Å². The van der Waals surface area contributed by atoms with E-state index in [-0.39, 0.29) is 16.9 Å². The number of sulfonamides is 1. The minimum absolute atomic E-state index is 0.0285. The monoisotopic (exact) mass is 444 g/mol. The standard InChI is InChI=1S/C20H17FN4O5S/c1-30-17-9-6-15(7-10-17)24-31(28,29)20-12-16(25(26)27)8-11-19(20)23-22-13-14-4-2-3-5-18(14)21/h2-13,23-24H,1H3. The van der Waals surface area contributed by atoms with Gasteiger partial charge >= 0.3 is 0 Å². The summed E-state index contributed by atoms with van der Waals surface area (Å²) in [6.07, 6.45) is 1.17. The average molecular weight is 444 g/mol. The summed E-state index contributed by atoms with van der Waals surface area (Å²) in [5.41, 5.74) is 2.47. The Bertz CT molecular complexity index is 1230. The minimum atomic E-state index is -4.23. The Morgan fingerprint density at radius 1 is 1.10 bits per heavy atom. The molecule has 0 saturated heterocycles. The van der Waals surface area contributed by atoms with E-state index in [1.807, 2.05) is 0 Å². The molecule has 3 rings (SSSR count). The van der Waals surface area contributed by atoms with E-state index in [2.05, 4.69) is 15.2 Å². The molecule has 31 heavy (non-hydrogen) atoms. The number of nitro groups is 1. The Morgan fingerprint density at radius 2 is 1.81 bits per heavy atom. The lowest BCUT2D eigenvalue weighted by atomic mass is 10.2. The summed E-state index contributed by atoms with van der Waals surface area (Å²) in [4.78, 5) is 10.0. The lowest BCUT2D eigenvalue weighted by molar-refractivity contribution is -0.385. The van der Waals surface area contributed by atoms with Gasteiger partial charge in [-0.25, -0.2) is 12.8 Å². The Kier molecular flexibility index (Phi) is 6.46. The van der Waals surface area contributed by atoms with Gasteiger partial charge in [0.25, 0.3) is 15.7 Å². The quantitative estimate of drug-likeness (QED) is 0.308. The van der Waals surface area contributed by atoms with Crippen LogP contribution in [0.15, 0.2) is 76.7 Å². The Balaban J connectivity index is 1.93. The predicted molar refractivity (Wildman–Crippen MR) is 115 cm³/mol. The van der Waals surface area contributed by atoms with Crippen molar-refractivity contribution in [3.63, 3.8) is 0 Å². The third-order valence-corrected chi connectivity index (χ3v) is 5.52.